The van der Waals surface area contributed by atoms with Gasteiger partial charge in [-0.15, -0.1) is 0 Å². The summed E-state index contributed by atoms with van der Waals surface area (Å²) in [5.74, 6) is -0.138. The number of esters is 1. The number of nitrogens with one attached hydrogen (secondary N) is 1. The molecule has 0 saturated heterocycles. The molecule has 2 rings (SSSR count). The normalized spacial score (nSPS) is 11.5. The van der Waals surface area contributed by atoms with E-state index in [-0.39, 0.29) is 13.2 Å². The summed E-state index contributed by atoms with van der Waals surface area (Å²) >= 11 is 0. The average Bonchev–Trinajstić information content (AvgIpc) is 2.67. The van der Waals surface area contributed by atoms with Crippen molar-refractivity contribution < 1.29 is 19.1 Å². The van der Waals surface area contributed by atoms with Crippen LogP contribution in [-0.2, 0) is 27.4 Å². The predicted octanol–water partition coefficient (Wildman–Crippen LogP) is 1.81. The van der Waals surface area contributed by atoms with E-state index in [1.165, 1.54) is 0 Å². The van der Waals surface area contributed by atoms with Crippen LogP contribution in [0.5, 0.6) is 5.75 Å². The molecule has 0 aliphatic carbocycles. The third-order valence-corrected chi connectivity index (χ3v) is 3.70. The molecule has 26 heavy (non-hydrogen) atoms. The van der Waals surface area contributed by atoms with Gasteiger partial charge in [-0.2, -0.15) is 0 Å². The maximum absolute atomic E-state index is 12.0. The largest absolute Gasteiger partial charge is 0.489 e. The van der Waals surface area contributed by atoms with Crippen molar-refractivity contribution in [3.05, 3.63) is 65.7 Å². The minimum atomic E-state index is -0.762. The zero-order valence-electron chi connectivity index (χ0n) is 14.8. The summed E-state index contributed by atoms with van der Waals surface area (Å²) in [5, 5.41) is 2.59. The molecule has 0 saturated carbocycles. The maximum atomic E-state index is 12.0. The zero-order chi connectivity index (χ0) is 18.8. The molecule has 6 heteroatoms. The van der Waals surface area contributed by atoms with E-state index in [1.807, 2.05) is 54.6 Å². The Kier molecular flexibility index (Phi) is 7.64. The molecule has 0 spiro atoms. The minimum absolute atomic E-state index is 0.178. The Bertz CT molecular complexity index is 702. The van der Waals surface area contributed by atoms with E-state index >= 15 is 0 Å². The quantitative estimate of drug-likeness (QED) is 0.669. The first kappa shape index (κ1) is 19.5. The van der Waals surface area contributed by atoms with E-state index in [2.05, 4.69) is 5.32 Å². The van der Waals surface area contributed by atoms with Crippen molar-refractivity contribution in [3.8, 4) is 5.75 Å². The lowest BCUT2D eigenvalue weighted by Crippen LogP contribution is -2.45. The predicted molar refractivity (Wildman–Crippen MR) is 98.5 cm³/mol. The number of carbonyl (C=O) groups is 2. The van der Waals surface area contributed by atoms with Crippen LogP contribution in [-0.4, -0.2) is 31.1 Å². The second kappa shape index (κ2) is 10.2. The van der Waals surface area contributed by atoms with Crippen LogP contribution in [0, 0.1) is 0 Å². The molecule has 6 nitrogen and oxygen atoms in total. The highest BCUT2D eigenvalue weighted by Gasteiger charge is 2.22. The van der Waals surface area contributed by atoms with E-state index < -0.39 is 17.9 Å². The van der Waals surface area contributed by atoms with Crippen LogP contribution in [0.15, 0.2) is 54.6 Å². The highest BCUT2D eigenvalue weighted by molar-refractivity contribution is 5.85. The molecule has 0 heterocycles. The van der Waals surface area contributed by atoms with Gasteiger partial charge in [-0.3, -0.25) is 4.79 Å². The molecular formula is C20H24N2O4. The van der Waals surface area contributed by atoms with Gasteiger partial charge < -0.3 is 20.5 Å². The topological polar surface area (TPSA) is 90.6 Å². The average molecular weight is 356 g/mol. The number of rotatable bonds is 9. The summed E-state index contributed by atoms with van der Waals surface area (Å²) in [6.07, 6.45) is 0.323. The molecule has 0 radical (unpaired) electrons. The number of carbonyl (C=O) groups excluding carboxylic acids is 2. The molecule has 0 unspecified atom stereocenters. The maximum Gasteiger partial charge on any atom is 0.328 e. The highest BCUT2D eigenvalue weighted by atomic mass is 16.5. The monoisotopic (exact) mass is 356 g/mol. The van der Waals surface area contributed by atoms with Crippen molar-refractivity contribution in [2.24, 2.45) is 5.73 Å². The summed E-state index contributed by atoms with van der Waals surface area (Å²) in [6, 6.07) is 16.5. The van der Waals surface area contributed by atoms with Crippen molar-refractivity contribution in [1.82, 2.24) is 5.32 Å². The van der Waals surface area contributed by atoms with Crippen molar-refractivity contribution in [2.75, 3.05) is 13.2 Å². The van der Waals surface area contributed by atoms with Gasteiger partial charge in [0, 0.05) is 6.42 Å². The van der Waals surface area contributed by atoms with Crippen LogP contribution in [0.25, 0.3) is 0 Å². The van der Waals surface area contributed by atoms with Gasteiger partial charge in [-0.05, 0) is 30.2 Å². The van der Waals surface area contributed by atoms with Crippen molar-refractivity contribution >= 4 is 11.9 Å². The summed E-state index contributed by atoms with van der Waals surface area (Å²) in [6.45, 7) is 2.28. The summed E-state index contributed by atoms with van der Waals surface area (Å²) in [5.41, 5.74) is 7.28. The molecular weight excluding hydrogens is 332 g/mol. The molecule has 0 aliphatic rings. The minimum Gasteiger partial charge on any atom is -0.489 e. The molecule has 2 aromatic carbocycles. The van der Waals surface area contributed by atoms with Gasteiger partial charge in [-0.1, -0.05) is 42.5 Å². The van der Waals surface area contributed by atoms with Gasteiger partial charge in [-0.25, -0.2) is 4.79 Å². The van der Waals surface area contributed by atoms with Crippen molar-refractivity contribution in [1.29, 1.82) is 0 Å². The van der Waals surface area contributed by atoms with Gasteiger partial charge in [0.05, 0.1) is 13.2 Å². The summed E-state index contributed by atoms with van der Waals surface area (Å²) < 4.78 is 10.8. The van der Waals surface area contributed by atoms with Crippen LogP contribution in [0.4, 0.5) is 0 Å². The molecule has 0 aromatic heterocycles. The standard InChI is InChI=1S/C20H24N2O4/c1-2-25-20(24)18(22-19(23)13-21)12-15-8-10-17(11-9-15)26-14-16-6-4-3-5-7-16/h3-11,18H,2,12-14,21H2,1H3,(H,22,23)/t18-/m0/s1. The van der Waals surface area contributed by atoms with Crippen molar-refractivity contribution in [3.63, 3.8) is 0 Å². The molecule has 0 bridgehead atoms. The van der Waals surface area contributed by atoms with E-state index in [4.69, 9.17) is 15.2 Å². The van der Waals surface area contributed by atoms with Crippen molar-refractivity contribution in [2.45, 2.75) is 26.0 Å². The fourth-order valence-electron chi connectivity index (χ4n) is 2.39. The smallest absolute Gasteiger partial charge is 0.328 e. The van der Waals surface area contributed by atoms with Gasteiger partial charge in [0.25, 0.3) is 0 Å². The number of ether oxygens (including phenoxy) is 2. The third kappa shape index (κ3) is 6.22. The summed E-state index contributed by atoms with van der Waals surface area (Å²) in [7, 11) is 0. The van der Waals surface area contributed by atoms with E-state index in [0.29, 0.717) is 13.0 Å². The van der Waals surface area contributed by atoms with Crippen LogP contribution in [0.2, 0.25) is 0 Å². The van der Waals surface area contributed by atoms with Crippen LogP contribution >= 0.6 is 0 Å². The Morgan fingerprint density at radius 3 is 2.35 bits per heavy atom. The van der Waals surface area contributed by atoms with Gasteiger partial charge in [0.15, 0.2) is 0 Å². The molecule has 3 N–H and O–H groups in total. The summed E-state index contributed by atoms with van der Waals surface area (Å²) in [4.78, 5) is 23.6. The lowest BCUT2D eigenvalue weighted by molar-refractivity contribution is -0.147. The second-order valence-corrected chi connectivity index (χ2v) is 5.70. The van der Waals surface area contributed by atoms with Gasteiger partial charge in [0.2, 0.25) is 5.91 Å². The SMILES string of the molecule is CCOC(=O)[C@H](Cc1ccc(OCc2ccccc2)cc1)NC(=O)CN. The number of benzene rings is 2. The fraction of sp³-hybridized carbons (Fsp3) is 0.300. The van der Waals surface area contributed by atoms with Crippen LogP contribution in [0.1, 0.15) is 18.1 Å². The third-order valence-electron chi connectivity index (χ3n) is 3.70. The van der Waals surface area contributed by atoms with Crippen LogP contribution < -0.4 is 15.8 Å². The molecule has 0 aliphatic heterocycles. The Hall–Kier alpha value is -2.86. The van der Waals surface area contributed by atoms with Gasteiger partial charge >= 0.3 is 5.97 Å². The Labute approximate surface area is 153 Å². The number of amides is 1. The number of hydrogen-bond acceptors (Lipinski definition) is 5. The first-order chi connectivity index (χ1) is 12.6. The van der Waals surface area contributed by atoms with E-state index in [0.717, 1.165) is 16.9 Å². The Morgan fingerprint density at radius 1 is 1.04 bits per heavy atom. The Morgan fingerprint density at radius 2 is 1.73 bits per heavy atom. The van der Waals surface area contributed by atoms with E-state index in [1.54, 1.807) is 6.92 Å². The molecule has 1 amide bonds. The Balaban J connectivity index is 1.96. The molecule has 138 valence electrons. The van der Waals surface area contributed by atoms with E-state index in [9.17, 15) is 9.59 Å². The molecule has 0 fully saturated rings. The van der Waals surface area contributed by atoms with Crippen LogP contribution in [0.3, 0.4) is 0 Å². The second-order valence-electron chi connectivity index (χ2n) is 5.70. The molecule has 1 atom stereocenters. The molecule has 2 aromatic rings. The first-order valence-corrected chi connectivity index (χ1v) is 8.54. The fourth-order valence-corrected chi connectivity index (χ4v) is 2.39. The lowest BCUT2D eigenvalue weighted by atomic mass is 10.1. The lowest BCUT2D eigenvalue weighted by Gasteiger charge is -2.17. The highest BCUT2D eigenvalue weighted by Crippen LogP contribution is 2.15. The first-order valence-electron chi connectivity index (χ1n) is 8.54. The van der Waals surface area contributed by atoms with Gasteiger partial charge in [0.1, 0.15) is 18.4 Å². The number of nitrogens with two attached hydrogens (primary N) is 1. The number of hydrogen-bond donors (Lipinski definition) is 2. The zero-order valence-corrected chi connectivity index (χ0v) is 14.8.